The number of hydrogen-bond donors (Lipinski definition) is 1. The van der Waals surface area contributed by atoms with Gasteiger partial charge < -0.3 is 0 Å². The smallest absolute Gasteiger partial charge is 0.263 e. The lowest BCUT2D eigenvalue weighted by Gasteiger charge is -2.05. The molecule has 0 amide bonds. The van der Waals surface area contributed by atoms with Crippen molar-refractivity contribution in [1.29, 1.82) is 0 Å². The molecule has 1 N–H and O–H groups in total. The average molecular weight is 331 g/mol. The number of sulfonamides is 1. The van der Waals surface area contributed by atoms with Crippen LogP contribution in [0.15, 0.2) is 71.8 Å². The number of benzene rings is 2. The number of nitrogens with zero attached hydrogens (tertiary/aromatic N) is 2. The molecule has 0 aliphatic heterocycles. The van der Waals surface area contributed by atoms with Gasteiger partial charge >= 0.3 is 0 Å². The van der Waals surface area contributed by atoms with Crippen LogP contribution < -0.4 is 4.72 Å². The second-order valence-corrected chi connectivity index (χ2v) is 6.59. The Labute approximate surface area is 133 Å². The molecule has 0 fully saturated rings. The van der Waals surface area contributed by atoms with Gasteiger partial charge in [-0.25, -0.2) is 12.8 Å². The minimum atomic E-state index is -3.68. The van der Waals surface area contributed by atoms with E-state index in [0.29, 0.717) is 5.56 Å². The van der Waals surface area contributed by atoms with Crippen molar-refractivity contribution in [2.75, 3.05) is 4.72 Å². The van der Waals surface area contributed by atoms with Gasteiger partial charge in [-0.3, -0.25) is 9.40 Å². The van der Waals surface area contributed by atoms with Gasteiger partial charge in [-0.05, 0) is 18.2 Å². The molecular formula is C16H14FN3O2S. The van der Waals surface area contributed by atoms with Crippen LogP contribution >= 0.6 is 0 Å². The Hall–Kier alpha value is -2.67. The quantitative estimate of drug-likeness (QED) is 0.782. The van der Waals surface area contributed by atoms with E-state index in [1.807, 2.05) is 0 Å². The molecule has 0 spiro atoms. The number of rotatable bonds is 5. The largest absolute Gasteiger partial charge is 0.266 e. The maximum atomic E-state index is 13.6. The van der Waals surface area contributed by atoms with Gasteiger partial charge in [-0.1, -0.05) is 36.4 Å². The molecule has 5 nitrogen and oxygen atoms in total. The van der Waals surface area contributed by atoms with E-state index in [9.17, 15) is 12.8 Å². The summed E-state index contributed by atoms with van der Waals surface area (Å²) in [6.45, 7) is 0.222. The summed E-state index contributed by atoms with van der Waals surface area (Å²) in [5.74, 6) is -0.139. The fourth-order valence-corrected chi connectivity index (χ4v) is 3.12. The maximum Gasteiger partial charge on any atom is 0.263 e. The molecule has 0 unspecified atom stereocenters. The highest BCUT2D eigenvalue weighted by atomic mass is 32.2. The number of anilines is 1. The molecule has 0 aliphatic carbocycles. The van der Waals surface area contributed by atoms with Gasteiger partial charge in [-0.15, -0.1) is 0 Å². The number of aromatic nitrogens is 2. The summed E-state index contributed by atoms with van der Waals surface area (Å²) in [6.07, 6.45) is 1.59. The number of hydrogen-bond acceptors (Lipinski definition) is 3. The predicted octanol–water partition coefficient (Wildman–Crippen LogP) is 2.87. The molecule has 1 aromatic heterocycles. The van der Waals surface area contributed by atoms with Gasteiger partial charge in [0.05, 0.1) is 11.4 Å². The first-order chi connectivity index (χ1) is 11.0. The Morgan fingerprint density at radius 1 is 1.00 bits per heavy atom. The van der Waals surface area contributed by atoms with Crippen LogP contribution in [0.25, 0.3) is 0 Å². The predicted molar refractivity (Wildman–Crippen MR) is 85.0 cm³/mol. The van der Waals surface area contributed by atoms with Crippen molar-refractivity contribution >= 4 is 15.8 Å². The first kappa shape index (κ1) is 15.2. The lowest BCUT2D eigenvalue weighted by molar-refractivity contribution is 0.585. The van der Waals surface area contributed by atoms with Crippen molar-refractivity contribution in [2.24, 2.45) is 0 Å². The zero-order chi connectivity index (χ0) is 16.3. The van der Waals surface area contributed by atoms with Crippen LogP contribution in [0.3, 0.4) is 0 Å². The first-order valence-electron chi connectivity index (χ1n) is 6.89. The topological polar surface area (TPSA) is 64.0 Å². The summed E-state index contributed by atoms with van der Waals surface area (Å²) < 4.78 is 41.9. The first-order valence-corrected chi connectivity index (χ1v) is 8.38. The van der Waals surface area contributed by atoms with Crippen molar-refractivity contribution in [2.45, 2.75) is 11.4 Å². The van der Waals surface area contributed by atoms with E-state index in [0.717, 1.165) is 0 Å². The Bertz CT molecular complexity index is 908. The fourth-order valence-electron chi connectivity index (χ4n) is 2.10. The van der Waals surface area contributed by atoms with Crippen LogP contribution in [-0.2, 0) is 16.6 Å². The van der Waals surface area contributed by atoms with Crippen LogP contribution in [0.1, 0.15) is 5.56 Å². The van der Waals surface area contributed by atoms with E-state index in [2.05, 4.69) is 9.82 Å². The molecule has 0 saturated carbocycles. The summed E-state index contributed by atoms with van der Waals surface area (Å²) in [5.41, 5.74) is 0.480. The van der Waals surface area contributed by atoms with E-state index < -0.39 is 10.0 Å². The van der Waals surface area contributed by atoms with Crippen LogP contribution in [0.2, 0.25) is 0 Å². The normalized spacial score (nSPS) is 11.3. The summed E-state index contributed by atoms with van der Waals surface area (Å²) in [5, 5.41) is 4.12. The zero-order valence-corrected chi connectivity index (χ0v) is 12.9. The van der Waals surface area contributed by atoms with Crippen LogP contribution in [-0.4, -0.2) is 18.2 Å². The second kappa shape index (κ2) is 6.21. The number of halogens is 1. The molecule has 118 valence electrons. The highest BCUT2D eigenvalue weighted by molar-refractivity contribution is 7.92. The third-order valence-electron chi connectivity index (χ3n) is 3.22. The van der Waals surface area contributed by atoms with Gasteiger partial charge in [0.25, 0.3) is 10.0 Å². The Kier molecular flexibility index (Phi) is 4.12. The van der Waals surface area contributed by atoms with Crippen molar-refractivity contribution in [1.82, 2.24) is 9.78 Å². The molecule has 23 heavy (non-hydrogen) atoms. The van der Waals surface area contributed by atoms with Crippen LogP contribution in [0.4, 0.5) is 10.2 Å². The van der Waals surface area contributed by atoms with Crippen molar-refractivity contribution in [3.63, 3.8) is 0 Å². The van der Waals surface area contributed by atoms with E-state index in [1.165, 1.54) is 28.9 Å². The lowest BCUT2D eigenvalue weighted by Crippen LogP contribution is -2.13. The van der Waals surface area contributed by atoms with E-state index in [1.54, 1.807) is 42.6 Å². The zero-order valence-electron chi connectivity index (χ0n) is 12.1. The minimum Gasteiger partial charge on any atom is -0.266 e. The van der Waals surface area contributed by atoms with Gasteiger partial charge in [0.1, 0.15) is 5.82 Å². The Morgan fingerprint density at radius 3 is 2.43 bits per heavy atom. The molecule has 0 radical (unpaired) electrons. The average Bonchev–Trinajstić information content (AvgIpc) is 2.97. The Balaban J connectivity index is 1.77. The summed E-state index contributed by atoms with van der Waals surface area (Å²) in [7, 11) is -3.68. The molecule has 0 aliphatic rings. The highest BCUT2D eigenvalue weighted by Crippen LogP contribution is 2.15. The highest BCUT2D eigenvalue weighted by Gasteiger charge is 2.15. The monoisotopic (exact) mass is 331 g/mol. The van der Waals surface area contributed by atoms with Crippen LogP contribution in [0.5, 0.6) is 0 Å². The van der Waals surface area contributed by atoms with Crippen molar-refractivity contribution in [3.8, 4) is 0 Å². The number of nitrogens with one attached hydrogen (secondary N) is 1. The Morgan fingerprint density at radius 2 is 1.70 bits per heavy atom. The summed E-state index contributed by atoms with van der Waals surface area (Å²) >= 11 is 0. The minimum absolute atomic E-state index is 0.156. The molecule has 7 heteroatoms. The molecule has 0 atom stereocenters. The SMILES string of the molecule is O=S(=O)(Nc1ccn(Cc2ccccc2F)n1)c1ccccc1. The van der Waals surface area contributed by atoms with E-state index in [-0.39, 0.29) is 23.1 Å². The molecule has 3 rings (SSSR count). The third-order valence-corrected chi connectivity index (χ3v) is 4.59. The molecule has 0 bridgehead atoms. The maximum absolute atomic E-state index is 13.6. The van der Waals surface area contributed by atoms with Gasteiger partial charge in [0, 0.05) is 17.8 Å². The van der Waals surface area contributed by atoms with Gasteiger partial charge in [0.15, 0.2) is 5.82 Å². The van der Waals surface area contributed by atoms with Crippen LogP contribution in [0, 0.1) is 5.82 Å². The van der Waals surface area contributed by atoms with E-state index >= 15 is 0 Å². The molecule has 3 aromatic rings. The fraction of sp³-hybridized carbons (Fsp3) is 0.0625. The van der Waals surface area contributed by atoms with Gasteiger partial charge in [0.2, 0.25) is 0 Å². The lowest BCUT2D eigenvalue weighted by atomic mass is 10.2. The third kappa shape index (κ3) is 3.57. The second-order valence-electron chi connectivity index (χ2n) is 4.91. The summed E-state index contributed by atoms with van der Waals surface area (Å²) in [6, 6.07) is 15.9. The standard InChI is InChI=1S/C16H14FN3O2S/c17-15-9-5-4-6-13(15)12-20-11-10-16(18-20)19-23(21,22)14-7-2-1-3-8-14/h1-11H,12H2,(H,18,19). The molecular weight excluding hydrogens is 317 g/mol. The van der Waals surface area contributed by atoms with E-state index in [4.69, 9.17) is 0 Å². The van der Waals surface area contributed by atoms with Crippen molar-refractivity contribution < 1.29 is 12.8 Å². The molecule has 1 heterocycles. The molecule has 0 saturated heterocycles. The van der Waals surface area contributed by atoms with Gasteiger partial charge in [-0.2, -0.15) is 5.10 Å². The summed E-state index contributed by atoms with van der Waals surface area (Å²) in [4.78, 5) is 0.156. The molecule has 2 aromatic carbocycles. The van der Waals surface area contributed by atoms with Crippen molar-refractivity contribution in [3.05, 3.63) is 78.2 Å².